The van der Waals surface area contributed by atoms with E-state index in [1.807, 2.05) is 0 Å². The summed E-state index contributed by atoms with van der Waals surface area (Å²) in [5.74, 6) is 0.648. The van der Waals surface area contributed by atoms with E-state index in [1.54, 1.807) is 0 Å². The molecule has 0 saturated heterocycles. The Morgan fingerprint density at radius 1 is 1.16 bits per heavy atom. The molecule has 0 aliphatic heterocycles. The third kappa shape index (κ3) is 7.41. The van der Waals surface area contributed by atoms with Crippen molar-refractivity contribution in [1.82, 2.24) is 10.2 Å². The highest BCUT2D eigenvalue weighted by Gasteiger charge is 2.12. The number of nitrogens with zero attached hydrogens (tertiary/aromatic N) is 2. The molecule has 3 N–H and O–H groups in total. The topological polar surface area (TPSA) is 53.6 Å². The molecule has 0 radical (unpaired) electrons. The Balaban J connectivity index is 2.07. The molecule has 4 nitrogen and oxygen atoms in total. The highest BCUT2D eigenvalue weighted by atomic mass is 15.1. The zero-order chi connectivity index (χ0) is 13.9. The predicted molar refractivity (Wildman–Crippen MR) is 83.5 cm³/mol. The van der Waals surface area contributed by atoms with Gasteiger partial charge in [-0.05, 0) is 45.3 Å². The average Bonchev–Trinajstić information content (AvgIpc) is 2.44. The smallest absolute Gasteiger partial charge is 0.188 e. The number of nitrogens with two attached hydrogens (primary N) is 1. The zero-order valence-electron chi connectivity index (χ0n) is 12.8. The van der Waals surface area contributed by atoms with Crippen LogP contribution in [0.2, 0.25) is 0 Å². The van der Waals surface area contributed by atoms with E-state index < -0.39 is 0 Å². The molecule has 0 atom stereocenters. The monoisotopic (exact) mass is 268 g/mol. The van der Waals surface area contributed by atoms with Gasteiger partial charge < -0.3 is 16.0 Å². The summed E-state index contributed by atoms with van der Waals surface area (Å²) in [4.78, 5) is 6.88. The fraction of sp³-hybridized carbons (Fsp3) is 0.933. The Labute approximate surface area is 118 Å². The van der Waals surface area contributed by atoms with Crippen LogP contribution in [0.25, 0.3) is 0 Å². The molecule has 112 valence electrons. The molecule has 0 unspecified atom stereocenters. The van der Waals surface area contributed by atoms with Crippen LogP contribution in [0.1, 0.15) is 58.8 Å². The fourth-order valence-electron chi connectivity index (χ4n) is 2.69. The Morgan fingerprint density at radius 2 is 1.84 bits per heavy atom. The van der Waals surface area contributed by atoms with E-state index in [4.69, 9.17) is 5.73 Å². The van der Waals surface area contributed by atoms with Crippen LogP contribution >= 0.6 is 0 Å². The Morgan fingerprint density at radius 3 is 2.47 bits per heavy atom. The minimum Gasteiger partial charge on any atom is -0.370 e. The first-order valence-electron chi connectivity index (χ1n) is 8.05. The Hall–Kier alpha value is -0.770. The van der Waals surface area contributed by atoms with Crippen molar-refractivity contribution >= 4 is 5.96 Å². The lowest BCUT2D eigenvalue weighted by atomic mass is 9.96. The van der Waals surface area contributed by atoms with E-state index in [2.05, 4.69) is 29.1 Å². The fourth-order valence-corrected chi connectivity index (χ4v) is 2.69. The molecular formula is C15H32N4. The second-order valence-electron chi connectivity index (χ2n) is 5.48. The number of aliphatic imine (C=N–C) groups is 1. The molecule has 0 aromatic carbocycles. The standard InChI is InChI=1S/C15H32N4/c1-3-19(4-2)13-9-8-12-17-15(16)18-14-10-6-5-7-11-14/h14H,3-13H2,1-2H3,(H3,16,17,18). The predicted octanol–water partition coefficient (Wildman–Crippen LogP) is 2.35. The average molecular weight is 268 g/mol. The Kier molecular flexibility index (Phi) is 8.63. The van der Waals surface area contributed by atoms with Crippen LogP contribution in [-0.2, 0) is 0 Å². The number of unbranched alkanes of at least 4 members (excludes halogenated alkanes) is 1. The highest BCUT2D eigenvalue weighted by Crippen LogP contribution is 2.16. The van der Waals surface area contributed by atoms with Crippen LogP contribution in [0.4, 0.5) is 0 Å². The molecule has 19 heavy (non-hydrogen) atoms. The maximum absolute atomic E-state index is 5.93. The van der Waals surface area contributed by atoms with Gasteiger partial charge in [0.15, 0.2) is 5.96 Å². The van der Waals surface area contributed by atoms with Gasteiger partial charge in [-0.1, -0.05) is 33.1 Å². The normalized spacial score (nSPS) is 17.9. The zero-order valence-corrected chi connectivity index (χ0v) is 12.8. The summed E-state index contributed by atoms with van der Waals surface area (Å²) >= 11 is 0. The number of hydrogen-bond acceptors (Lipinski definition) is 2. The molecule has 0 spiro atoms. The molecule has 1 aliphatic rings. The van der Waals surface area contributed by atoms with Crippen molar-refractivity contribution in [2.45, 2.75) is 64.8 Å². The summed E-state index contributed by atoms with van der Waals surface area (Å²) in [6.45, 7) is 8.75. The molecule has 1 fully saturated rings. The van der Waals surface area contributed by atoms with Gasteiger partial charge in [-0.2, -0.15) is 0 Å². The van der Waals surface area contributed by atoms with Crippen molar-refractivity contribution in [3.63, 3.8) is 0 Å². The maximum atomic E-state index is 5.93. The summed E-state index contributed by atoms with van der Waals surface area (Å²) in [7, 11) is 0. The van der Waals surface area contributed by atoms with Crippen molar-refractivity contribution in [2.75, 3.05) is 26.2 Å². The number of nitrogens with one attached hydrogen (secondary N) is 1. The van der Waals surface area contributed by atoms with Gasteiger partial charge in [0.2, 0.25) is 0 Å². The second kappa shape index (κ2) is 10.1. The summed E-state index contributed by atoms with van der Waals surface area (Å²) in [6, 6.07) is 0.563. The minimum atomic E-state index is 0.563. The first kappa shape index (κ1) is 16.3. The number of rotatable bonds is 8. The van der Waals surface area contributed by atoms with Crippen LogP contribution in [0.5, 0.6) is 0 Å². The molecule has 0 heterocycles. The first-order chi connectivity index (χ1) is 9.26. The van der Waals surface area contributed by atoms with E-state index in [1.165, 1.54) is 45.1 Å². The van der Waals surface area contributed by atoms with Gasteiger partial charge in [0.05, 0.1) is 0 Å². The lowest BCUT2D eigenvalue weighted by Crippen LogP contribution is -2.41. The first-order valence-corrected chi connectivity index (χ1v) is 8.05. The molecule has 0 amide bonds. The SMILES string of the molecule is CCN(CC)CCCCN=C(N)NC1CCCCC1. The molecule has 1 aliphatic carbocycles. The molecular weight excluding hydrogens is 236 g/mol. The third-order valence-corrected chi connectivity index (χ3v) is 4.02. The molecule has 0 bridgehead atoms. The minimum absolute atomic E-state index is 0.563. The molecule has 4 heteroatoms. The molecule has 0 aromatic rings. The van der Waals surface area contributed by atoms with Gasteiger partial charge in [0.25, 0.3) is 0 Å². The van der Waals surface area contributed by atoms with Gasteiger partial charge in [0, 0.05) is 12.6 Å². The van der Waals surface area contributed by atoms with Gasteiger partial charge in [-0.3, -0.25) is 4.99 Å². The third-order valence-electron chi connectivity index (χ3n) is 4.02. The van der Waals surface area contributed by atoms with E-state index in [9.17, 15) is 0 Å². The van der Waals surface area contributed by atoms with Crippen LogP contribution in [0, 0.1) is 0 Å². The number of hydrogen-bond donors (Lipinski definition) is 2. The summed E-state index contributed by atoms with van der Waals surface area (Å²) in [5.41, 5.74) is 5.93. The van der Waals surface area contributed by atoms with Crippen LogP contribution < -0.4 is 11.1 Å². The molecule has 1 saturated carbocycles. The largest absolute Gasteiger partial charge is 0.370 e. The maximum Gasteiger partial charge on any atom is 0.188 e. The van der Waals surface area contributed by atoms with Crippen molar-refractivity contribution in [3.05, 3.63) is 0 Å². The van der Waals surface area contributed by atoms with Crippen molar-refractivity contribution in [1.29, 1.82) is 0 Å². The van der Waals surface area contributed by atoms with E-state index >= 15 is 0 Å². The quantitative estimate of drug-likeness (QED) is 0.404. The summed E-state index contributed by atoms with van der Waals surface area (Å²) in [6.07, 6.45) is 8.87. The Bertz CT molecular complexity index is 243. The number of guanidine groups is 1. The van der Waals surface area contributed by atoms with Gasteiger partial charge >= 0.3 is 0 Å². The van der Waals surface area contributed by atoms with Crippen molar-refractivity contribution < 1.29 is 0 Å². The lowest BCUT2D eigenvalue weighted by Gasteiger charge is -2.23. The van der Waals surface area contributed by atoms with Crippen molar-refractivity contribution in [2.24, 2.45) is 10.7 Å². The van der Waals surface area contributed by atoms with Gasteiger partial charge in [-0.25, -0.2) is 0 Å². The highest BCUT2D eigenvalue weighted by molar-refractivity contribution is 5.78. The second-order valence-corrected chi connectivity index (χ2v) is 5.48. The van der Waals surface area contributed by atoms with Crippen LogP contribution in [-0.4, -0.2) is 43.1 Å². The van der Waals surface area contributed by atoms with Crippen LogP contribution in [0.3, 0.4) is 0 Å². The molecule has 1 rings (SSSR count). The van der Waals surface area contributed by atoms with E-state index in [0.717, 1.165) is 26.1 Å². The van der Waals surface area contributed by atoms with Crippen molar-refractivity contribution in [3.8, 4) is 0 Å². The van der Waals surface area contributed by atoms with Gasteiger partial charge in [-0.15, -0.1) is 0 Å². The summed E-state index contributed by atoms with van der Waals surface area (Å²) in [5, 5.41) is 3.36. The van der Waals surface area contributed by atoms with E-state index in [-0.39, 0.29) is 0 Å². The van der Waals surface area contributed by atoms with E-state index in [0.29, 0.717) is 12.0 Å². The molecule has 0 aromatic heterocycles. The lowest BCUT2D eigenvalue weighted by molar-refractivity contribution is 0.297. The summed E-state index contributed by atoms with van der Waals surface area (Å²) < 4.78 is 0. The van der Waals surface area contributed by atoms with Crippen LogP contribution in [0.15, 0.2) is 4.99 Å². The van der Waals surface area contributed by atoms with Gasteiger partial charge in [0.1, 0.15) is 0 Å².